The molecule has 2 aliphatic rings. The summed E-state index contributed by atoms with van der Waals surface area (Å²) in [4.78, 5) is 10.8. The Hall–Kier alpha value is -1.09. The van der Waals surface area contributed by atoms with Crippen molar-refractivity contribution < 1.29 is 14.3 Å². The first kappa shape index (κ1) is 7.55. The maximum Gasteiger partial charge on any atom is 0.330 e. The van der Waals surface area contributed by atoms with E-state index in [0.717, 1.165) is 6.42 Å². The number of hydrogen-bond acceptors (Lipinski definition) is 3. The number of ether oxygens (including phenoxy) is 2. The van der Waals surface area contributed by atoms with Crippen LogP contribution in [-0.4, -0.2) is 24.3 Å². The largest absolute Gasteiger partial charge is 0.456 e. The lowest BCUT2D eigenvalue weighted by Gasteiger charge is -2.14. The zero-order chi connectivity index (χ0) is 8.55. The molecule has 0 amide bonds. The zero-order valence-electron chi connectivity index (χ0n) is 6.60. The van der Waals surface area contributed by atoms with Crippen LogP contribution in [0.3, 0.4) is 0 Å². The molecule has 0 spiro atoms. The van der Waals surface area contributed by atoms with Gasteiger partial charge >= 0.3 is 5.97 Å². The van der Waals surface area contributed by atoms with Crippen LogP contribution in [-0.2, 0) is 14.3 Å². The third kappa shape index (κ3) is 1.16. The lowest BCUT2D eigenvalue weighted by atomic mass is 10.1. The highest BCUT2D eigenvalue weighted by atomic mass is 16.6. The molecule has 3 nitrogen and oxygen atoms in total. The summed E-state index contributed by atoms with van der Waals surface area (Å²) in [6.07, 6.45) is 5.91. The van der Waals surface area contributed by atoms with Crippen LogP contribution in [0, 0.1) is 0 Å². The van der Waals surface area contributed by atoms with Gasteiger partial charge in [-0.1, -0.05) is 18.7 Å². The third-order valence-electron chi connectivity index (χ3n) is 2.11. The molecule has 3 heteroatoms. The second-order valence-electron chi connectivity index (χ2n) is 2.94. The maximum absolute atomic E-state index is 10.8. The van der Waals surface area contributed by atoms with Crippen molar-refractivity contribution in [1.82, 2.24) is 0 Å². The molecule has 0 aliphatic carbocycles. The average molecular weight is 166 g/mol. The van der Waals surface area contributed by atoms with Crippen LogP contribution in [0.25, 0.3) is 0 Å². The van der Waals surface area contributed by atoms with Crippen LogP contribution in [0.15, 0.2) is 24.8 Å². The van der Waals surface area contributed by atoms with Gasteiger partial charge in [-0.15, -0.1) is 0 Å². The molecule has 0 aromatic carbocycles. The van der Waals surface area contributed by atoms with E-state index in [0.29, 0.717) is 0 Å². The van der Waals surface area contributed by atoms with Gasteiger partial charge in [0.15, 0.2) is 0 Å². The molecule has 1 fully saturated rings. The molecule has 0 saturated carbocycles. The van der Waals surface area contributed by atoms with Gasteiger partial charge in [0.2, 0.25) is 0 Å². The van der Waals surface area contributed by atoms with Crippen molar-refractivity contribution in [3.8, 4) is 0 Å². The van der Waals surface area contributed by atoms with Crippen LogP contribution >= 0.6 is 0 Å². The first-order chi connectivity index (χ1) is 5.79. The second kappa shape index (κ2) is 2.75. The van der Waals surface area contributed by atoms with Crippen LogP contribution < -0.4 is 0 Å². The van der Waals surface area contributed by atoms with Crippen molar-refractivity contribution in [2.24, 2.45) is 0 Å². The van der Waals surface area contributed by atoms with Crippen LogP contribution in [0.5, 0.6) is 0 Å². The number of esters is 1. The van der Waals surface area contributed by atoms with E-state index in [-0.39, 0.29) is 24.3 Å². The fourth-order valence-corrected chi connectivity index (χ4v) is 1.55. The standard InChI is InChI=1S/C9H10O3/c1-2-9(10)12-8-5-6-3-4-7(8)11-6/h2-4,6-8H,1,5H2/t6-,7+,8+/m1/s1. The summed E-state index contributed by atoms with van der Waals surface area (Å²) in [6, 6.07) is 0. The molecule has 3 atom stereocenters. The van der Waals surface area contributed by atoms with Gasteiger partial charge in [-0.25, -0.2) is 4.79 Å². The van der Waals surface area contributed by atoms with Crippen LogP contribution in [0.4, 0.5) is 0 Å². The molecule has 0 N–H and O–H groups in total. The van der Waals surface area contributed by atoms with Crippen molar-refractivity contribution in [3.63, 3.8) is 0 Å². The van der Waals surface area contributed by atoms with Gasteiger partial charge < -0.3 is 9.47 Å². The van der Waals surface area contributed by atoms with Crippen LogP contribution in [0.2, 0.25) is 0 Å². The second-order valence-corrected chi connectivity index (χ2v) is 2.94. The first-order valence-corrected chi connectivity index (χ1v) is 3.96. The van der Waals surface area contributed by atoms with Gasteiger partial charge in [-0.3, -0.25) is 0 Å². The summed E-state index contributed by atoms with van der Waals surface area (Å²) in [5.74, 6) is -0.371. The molecule has 0 unspecified atom stereocenters. The van der Waals surface area contributed by atoms with E-state index in [1.807, 2.05) is 12.2 Å². The monoisotopic (exact) mass is 166 g/mol. The highest BCUT2D eigenvalue weighted by Crippen LogP contribution is 2.30. The SMILES string of the molecule is C=CC(=O)O[C@H]1C[C@H]2C=C[C@@H]1O2. The number of hydrogen-bond donors (Lipinski definition) is 0. The van der Waals surface area contributed by atoms with Gasteiger partial charge in [0.1, 0.15) is 12.2 Å². The lowest BCUT2D eigenvalue weighted by molar-refractivity contribution is -0.144. The number of fused-ring (bicyclic) bond motifs is 2. The van der Waals surface area contributed by atoms with E-state index < -0.39 is 0 Å². The fraction of sp³-hybridized carbons (Fsp3) is 0.444. The quantitative estimate of drug-likeness (QED) is 0.346. The summed E-state index contributed by atoms with van der Waals surface area (Å²) in [5.41, 5.74) is 0. The zero-order valence-corrected chi connectivity index (χ0v) is 6.60. The minimum atomic E-state index is -0.371. The molecule has 2 rings (SSSR count). The van der Waals surface area contributed by atoms with Gasteiger partial charge in [0, 0.05) is 12.5 Å². The van der Waals surface area contributed by atoms with E-state index in [9.17, 15) is 4.79 Å². The molecule has 0 radical (unpaired) electrons. The molecule has 2 bridgehead atoms. The predicted molar refractivity (Wildman–Crippen MR) is 42.5 cm³/mol. The Morgan fingerprint density at radius 3 is 3.00 bits per heavy atom. The fourth-order valence-electron chi connectivity index (χ4n) is 1.55. The molecule has 12 heavy (non-hydrogen) atoms. The van der Waals surface area contributed by atoms with E-state index in [2.05, 4.69) is 6.58 Å². The highest BCUT2D eigenvalue weighted by Gasteiger charge is 2.38. The number of carbonyl (C=O) groups is 1. The Labute approximate surface area is 70.7 Å². The lowest BCUT2D eigenvalue weighted by Crippen LogP contribution is -2.25. The molecule has 2 aliphatic heterocycles. The molecule has 0 aromatic heterocycles. The van der Waals surface area contributed by atoms with Gasteiger partial charge in [0.25, 0.3) is 0 Å². The van der Waals surface area contributed by atoms with Gasteiger partial charge in [0.05, 0.1) is 6.10 Å². The summed E-state index contributed by atoms with van der Waals surface area (Å²) in [7, 11) is 0. The normalized spacial score (nSPS) is 36.8. The minimum Gasteiger partial charge on any atom is -0.456 e. The Bertz CT molecular complexity index is 244. The molecular weight excluding hydrogens is 156 g/mol. The summed E-state index contributed by atoms with van der Waals surface area (Å²) in [5, 5.41) is 0. The van der Waals surface area contributed by atoms with E-state index in [1.54, 1.807) is 0 Å². The molecule has 64 valence electrons. The van der Waals surface area contributed by atoms with E-state index >= 15 is 0 Å². The predicted octanol–water partition coefficient (Wildman–Crippen LogP) is 0.811. The van der Waals surface area contributed by atoms with E-state index in [1.165, 1.54) is 6.08 Å². The first-order valence-electron chi connectivity index (χ1n) is 3.96. The Morgan fingerprint density at radius 1 is 1.67 bits per heavy atom. The summed E-state index contributed by atoms with van der Waals surface area (Å²) < 4.78 is 10.5. The van der Waals surface area contributed by atoms with Crippen molar-refractivity contribution >= 4 is 5.97 Å². The van der Waals surface area contributed by atoms with Crippen molar-refractivity contribution in [3.05, 3.63) is 24.8 Å². The van der Waals surface area contributed by atoms with Crippen molar-refractivity contribution in [2.45, 2.75) is 24.7 Å². The number of carbonyl (C=O) groups excluding carboxylic acids is 1. The van der Waals surface area contributed by atoms with Crippen molar-refractivity contribution in [2.75, 3.05) is 0 Å². The molecular formula is C9H10O3. The molecule has 2 heterocycles. The van der Waals surface area contributed by atoms with E-state index in [4.69, 9.17) is 9.47 Å². The summed E-state index contributed by atoms with van der Waals surface area (Å²) in [6.45, 7) is 3.33. The highest BCUT2D eigenvalue weighted by molar-refractivity contribution is 5.81. The maximum atomic E-state index is 10.8. The average Bonchev–Trinajstić information content (AvgIpc) is 2.64. The van der Waals surface area contributed by atoms with Crippen molar-refractivity contribution in [1.29, 1.82) is 0 Å². The topological polar surface area (TPSA) is 35.5 Å². The number of rotatable bonds is 2. The Morgan fingerprint density at radius 2 is 2.50 bits per heavy atom. The van der Waals surface area contributed by atoms with Gasteiger partial charge in [-0.05, 0) is 0 Å². The Balaban J connectivity index is 1.95. The molecule has 0 aromatic rings. The minimum absolute atomic E-state index is 0.0288. The Kier molecular flexibility index (Phi) is 1.73. The molecule has 1 saturated heterocycles. The third-order valence-corrected chi connectivity index (χ3v) is 2.11. The summed E-state index contributed by atoms with van der Waals surface area (Å²) >= 11 is 0. The smallest absolute Gasteiger partial charge is 0.330 e. The van der Waals surface area contributed by atoms with Gasteiger partial charge in [-0.2, -0.15) is 0 Å². The van der Waals surface area contributed by atoms with Crippen LogP contribution in [0.1, 0.15) is 6.42 Å².